The van der Waals surface area contributed by atoms with Crippen molar-refractivity contribution in [1.82, 2.24) is 5.01 Å². The Hall–Kier alpha value is -4.54. The Morgan fingerprint density at radius 1 is 1.14 bits per heavy atom. The van der Waals surface area contributed by atoms with Crippen LogP contribution in [0, 0.1) is 10.1 Å². The summed E-state index contributed by atoms with van der Waals surface area (Å²) in [6.45, 7) is 5.35. The Balaban J connectivity index is 1.56. The Labute approximate surface area is 207 Å². The lowest BCUT2D eigenvalue weighted by atomic mass is 9.98. The molecule has 186 valence electrons. The zero-order valence-corrected chi connectivity index (χ0v) is 20.0. The smallest absolute Gasteiger partial charge is 0.412 e. The molecule has 2 unspecified atom stereocenters. The Bertz CT molecular complexity index is 1230. The molecular weight excluding hydrogens is 466 g/mol. The summed E-state index contributed by atoms with van der Waals surface area (Å²) in [6.07, 6.45) is 4.42. The topological polar surface area (TPSA) is 136 Å². The number of hydrogen-bond acceptors (Lipinski definition) is 8. The largest absolute Gasteiger partial charge is 0.454 e. The highest BCUT2D eigenvalue weighted by molar-refractivity contribution is 6.05. The van der Waals surface area contributed by atoms with Crippen molar-refractivity contribution in [2.45, 2.75) is 44.9 Å². The number of nitrogens with zero attached hydrogens (tertiary/aromatic N) is 4. The van der Waals surface area contributed by atoms with Gasteiger partial charge < -0.3 is 9.47 Å². The summed E-state index contributed by atoms with van der Waals surface area (Å²) in [7, 11) is 0. The molecule has 0 fully saturated rings. The maximum Gasteiger partial charge on any atom is 0.412 e. The first-order valence-electron chi connectivity index (χ1n) is 11.2. The van der Waals surface area contributed by atoms with E-state index in [0.29, 0.717) is 17.8 Å². The van der Waals surface area contributed by atoms with E-state index in [2.05, 4.69) is 15.4 Å². The minimum atomic E-state index is -0.613. The fourth-order valence-corrected chi connectivity index (χ4v) is 3.74. The number of rotatable bonds is 5. The molecule has 0 aromatic heterocycles. The number of carbonyl (C=O) groups excluding carboxylic acids is 2. The second-order valence-corrected chi connectivity index (χ2v) is 9.19. The summed E-state index contributed by atoms with van der Waals surface area (Å²) < 4.78 is 10.3. The van der Waals surface area contributed by atoms with Gasteiger partial charge >= 0.3 is 6.09 Å². The highest BCUT2D eigenvalue weighted by Crippen LogP contribution is 2.28. The van der Waals surface area contributed by atoms with Crippen LogP contribution in [0.3, 0.4) is 0 Å². The van der Waals surface area contributed by atoms with E-state index in [1.807, 2.05) is 0 Å². The third-order valence-corrected chi connectivity index (χ3v) is 5.38. The summed E-state index contributed by atoms with van der Waals surface area (Å²) in [5.41, 5.74) is 1.54. The molecule has 0 aliphatic carbocycles. The summed E-state index contributed by atoms with van der Waals surface area (Å²) >= 11 is 0. The number of nitro groups is 1. The monoisotopic (exact) mass is 491 g/mol. The van der Waals surface area contributed by atoms with Gasteiger partial charge in [0, 0.05) is 29.8 Å². The molecule has 2 aliphatic heterocycles. The van der Waals surface area contributed by atoms with Crippen molar-refractivity contribution in [2.75, 3.05) is 5.32 Å². The predicted molar refractivity (Wildman–Crippen MR) is 133 cm³/mol. The average molecular weight is 492 g/mol. The van der Waals surface area contributed by atoms with Crippen molar-refractivity contribution < 1.29 is 24.0 Å². The number of anilines is 1. The van der Waals surface area contributed by atoms with E-state index in [-0.39, 0.29) is 17.3 Å². The quantitative estimate of drug-likeness (QED) is 0.483. The molecule has 0 bridgehead atoms. The lowest BCUT2D eigenvalue weighted by Gasteiger charge is -2.26. The van der Waals surface area contributed by atoms with Gasteiger partial charge in [-0.25, -0.2) is 14.8 Å². The van der Waals surface area contributed by atoms with Gasteiger partial charge in [-0.1, -0.05) is 12.1 Å². The van der Waals surface area contributed by atoms with Crippen LogP contribution >= 0.6 is 0 Å². The van der Waals surface area contributed by atoms with Crippen LogP contribution in [0.15, 0.2) is 71.0 Å². The van der Waals surface area contributed by atoms with Crippen LogP contribution in [0.4, 0.5) is 16.2 Å². The van der Waals surface area contributed by atoms with Crippen LogP contribution in [-0.2, 0) is 9.47 Å². The third-order valence-electron chi connectivity index (χ3n) is 5.38. The number of amides is 2. The van der Waals surface area contributed by atoms with Crippen LogP contribution in [0.25, 0.3) is 0 Å². The molecule has 11 heteroatoms. The van der Waals surface area contributed by atoms with Crippen LogP contribution in [0.5, 0.6) is 0 Å². The molecule has 2 aromatic rings. The van der Waals surface area contributed by atoms with Crippen LogP contribution in [0.2, 0.25) is 0 Å². The lowest BCUT2D eigenvalue weighted by molar-refractivity contribution is -0.384. The fraction of sp³-hybridized carbons (Fsp3) is 0.280. The van der Waals surface area contributed by atoms with E-state index in [1.54, 1.807) is 51.1 Å². The number of benzene rings is 2. The molecule has 0 saturated heterocycles. The molecule has 4 rings (SSSR count). The molecule has 2 aliphatic rings. The number of aliphatic imine (C=N–C) groups is 1. The van der Waals surface area contributed by atoms with Crippen molar-refractivity contribution in [2.24, 2.45) is 10.1 Å². The van der Waals surface area contributed by atoms with Gasteiger partial charge in [-0.05, 0) is 56.7 Å². The second kappa shape index (κ2) is 9.98. The summed E-state index contributed by atoms with van der Waals surface area (Å²) in [6, 6.07) is 11.6. The minimum absolute atomic E-state index is 0.106. The fourth-order valence-electron chi connectivity index (χ4n) is 3.74. The predicted octanol–water partition coefficient (Wildman–Crippen LogP) is 4.50. The lowest BCUT2D eigenvalue weighted by Crippen LogP contribution is -2.40. The number of ether oxygens (including phenoxy) is 2. The Morgan fingerprint density at radius 3 is 2.42 bits per heavy atom. The zero-order valence-electron chi connectivity index (χ0n) is 20.0. The molecule has 2 atom stereocenters. The standard InChI is InChI=1S/C25H25N5O6/c1-25(2,3)36-24(32)27-18-8-4-16(5-9-18)21-14-22(20-12-13-35-15-26-20)29(28-21)23(31)17-6-10-19(11-7-17)30(33)34/h4-13,15,20,22H,14H2,1-3H3,(H,27,32). The van der Waals surface area contributed by atoms with Gasteiger partial charge in [0.2, 0.25) is 0 Å². The molecule has 0 saturated carbocycles. The molecular formula is C25H25N5O6. The number of hydrazone groups is 1. The van der Waals surface area contributed by atoms with E-state index >= 15 is 0 Å². The normalized spacial score (nSPS) is 18.9. The first kappa shape index (κ1) is 24.6. The first-order chi connectivity index (χ1) is 17.1. The molecule has 0 radical (unpaired) electrons. The molecule has 2 amide bonds. The number of carbonyl (C=O) groups is 2. The first-order valence-corrected chi connectivity index (χ1v) is 11.2. The average Bonchev–Trinajstić information content (AvgIpc) is 3.29. The van der Waals surface area contributed by atoms with Crippen molar-refractivity contribution in [3.05, 3.63) is 82.1 Å². The highest BCUT2D eigenvalue weighted by Gasteiger charge is 2.37. The Kier molecular flexibility index (Phi) is 6.82. The summed E-state index contributed by atoms with van der Waals surface area (Å²) in [5.74, 6) is -0.400. The molecule has 11 nitrogen and oxygen atoms in total. The van der Waals surface area contributed by atoms with Gasteiger partial charge in [-0.15, -0.1) is 0 Å². The van der Waals surface area contributed by atoms with E-state index in [9.17, 15) is 19.7 Å². The maximum atomic E-state index is 13.3. The van der Waals surface area contributed by atoms with Gasteiger partial charge in [0.05, 0.1) is 29.0 Å². The minimum Gasteiger partial charge on any atom is -0.454 e. The molecule has 0 spiro atoms. The SMILES string of the molecule is CC(C)(C)OC(=O)Nc1ccc(C2=NN(C(=O)c3ccc([N+](=O)[O-])cc3)C(C3C=COC=N3)C2)cc1. The molecule has 2 heterocycles. The highest BCUT2D eigenvalue weighted by atomic mass is 16.6. The van der Waals surface area contributed by atoms with Crippen molar-refractivity contribution in [3.63, 3.8) is 0 Å². The van der Waals surface area contributed by atoms with E-state index in [0.717, 1.165) is 5.56 Å². The van der Waals surface area contributed by atoms with Crippen molar-refractivity contribution >= 4 is 35.5 Å². The maximum absolute atomic E-state index is 13.3. The van der Waals surface area contributed by atoms with Gasteiger partial charge in [-0.3, -0.25) is 20.2 Å². The van der Waals surface area contributed by atoms with Crippen LogP contribution in [0.1, 0.15) is 43.1 Å². The van der Waals surface area contributed by atoms with Crippen LogP contribution in [-0.4, -0.2) is 51.7 Å². The van der Waals surface area contributed by atoms with Gasteiger partial charge in [-0.2, -0.15) is 5.10 Å². The zero-order chi connectivity index (χ0) is 25.9. The second-order valence-electron chi connectivity index (χ2n) is 9.19. The van der Waals surface area contributed by atoms with E-state index in [4.69, 9.17) is 9.47 Å². The van der Waals surface area contributed by atoms with Crippen molar-refractivity contribution in [1.29, 1.82) is 0 Å². The molecule has 2 aromatic carbocycles. The number of hydrogen-bond donors (Lipinski definition) is 1. The molecule has 1 N–H and O–H groups in total. The van der Waals surface area contributed by atoms with Crippen LogP contribution < -0.4 is 5.32 Å². The van der Waals surface area contributed by atoms with E-state index in [1.165, 1.54) is 41.9 Å². The van der Waals surface area contributed by atoms with Crippen molar-refractivity contribution in [3.8, 4) is 0 Å². The van der Waals surface area contributed by atoms with E-state index < -0.39 is 28.6 Å². The Morgan fingerprint density at radius 2 is 1.83 bits per heavy atom. The molecule has 36 heavy (non-hydrogen) atoms. The third kappa shape index (κ3) is 5.74. The summed E-state index contributed by atoms with van der Waals surface area (Å²) in [5, 5.41) is 19.6. The van der Waals surface area contributed by atoms with Gasteiger partial charge in [0.1, 0.15) is 5.60 Å². The van der Waals surface area contributed by atoms with Gasteiger partial charge in [0.25, 0.3) is 11.6 Å². The number of non-ortho nitro benzene ring substituents is 1. The number of nitro benzene ring substituents is 1. The van der Waals surface area contributed by atoms with Gasteiger partial charge in [0.15, 0.2) is 6.40 Å². The number of nitrogens with one attached hydrogen (secondary N) is 1. The summed E-state index contributed by atoms with van der Waals surface area (Å²) in [4.78, 5) is 40.1.